The minimum Gasteiger partial charge on any atom is -0.481 e. The van der Waals surface area contributed by atoms with Gasteiger partial charge in [0.05, 0.1) is 47.0 Å². The predicted octanol–water partition coefficient (Wildman–Crippen LogP) is 4.79. The van der Waals surface area contributed by atoms with Gasteiger partial charge in [-0.3, -0.25) is 14.5 Å². The Labute approximate surface area is 196 Å². The number of fused-ring (bicyclic) bond motifs is 1. The van der Waals surface area contributed by atoms with Crippen LogP contribution in [0, 0.1) is 0 Å². The Bertz CT molecular complexity index is 1310. The molecule has 8 heteroatoms. The second-order valence-electron chi connectivity index (χ2n) is 8.88. The molecular weight excluding hydrogens is 432 g/mol. The molecule has 0 bridgehead atoms. The smallest absolute Gasteiger partial charge is 0.306 e. The normalized spacial score (nSPS) is 20.3. The van der Waals surface area contributed by atoms with Crippen LogP contribution in [0.3, 0.4) is 0 Å². The van der Waals surface area contributed by atoms with Gasteiger partial charge in [-0.25, -0.2) is 0 Å². The van der Waals surface area contributed by atoms with Gasteiger partial charge in [0, 0.05) is 5.56 Å². The molecule has 1 fully saturated rings. The molecule has 2 aromatic heterocycles. The lowest BCUT2D eigenvalue weighted by Gasteiger charge is -2.35. The number of carboxylic acids is 1. The zero-order valence-corrected chi connectivity index (χ0v) is 18.6. The summed E-state index contributed by atoms with van der Waals surface area (Å²) in [6, 6.07) is 17.3. The van der Waals surface area contributed by atoms with Crippen LogP contribution in [0.15, 0.2) is 67.0 Å². The number of benzene rings is 2. The minimum absolute atomic E-state index is 0.0228. The van der Waals surface area contributed by atoms with Gasteiger partial charge in [-0.2, -0.15) is 5.10 Å². The quantitative estimate of drug-likeness (QED) is 0.379. The second-order valence-corrected chi connectivity index (χ2v) is 8.88. The first-order valence-corrected chi connectivity index (χ1v) is 11.3. The molecule has 1 saturated carbocycles. The number of para-hydroxylation sites is 1. The van der Waals surface area contributed by atoms with Crippen LogP contribution in [0.2, 0.25) is 0 Å². The largest absolute Gasteiger partial charge is 0.481 e. The molecule has 34 heavy (non-hydrogen) atoms. The molecule has 0 spiro atoms. The fourth-order valence-electron chi connectivity index (χ4n) is 4.74. The van der Waals surface area contributed by atoms with Crippen LogP contribution in [0.4, 0.5) is 5.69 Å². The number of carboxylic acid groups (broad SMARTS) is 1. The lowest BCUT2D eigenvalue weighted by molar-refractivity contribution is -0.144. The van der Waals surface area contributed by atoms with Crippen LogP contribution < -0.4 is 10.5 Å². The van der Waals surface area contributed by atoms with Gasteiger partial charge in [0.15, 0.2) is 0 Å². The van der Waals surface area contributed by atoms with Crippen molar-refractivity contribution >= 4 is 22.6 Å². The van der Waals surface area contributed by atoms with E-state index >= 15 is 0 Å². The Hall–Kier alpha value is -3.91. The average Bonchev–Trinajstić information content (AvgIpc) is 3.21. The van der Waals surface area contributed by atoms with Crippen LogP contribution >= 0.6 is 0 Å². The first kappa shape index (κ1) is 21.9. The lowest BCUT2D eigenvalue weighted by Crippen LogP contribution is -2.37. The number of pyridine rings is 1. The van der Waals surface area contributed by atoms with E-state index in [9.17, 15) is 9.90 Å². The summed E-state index contributed by atoms with van der Waals surface area (Å²) in [4.78, 5) is 15.4. The highest BCUT2D eigenvalue weighted by Gasteiger charge is 2.36. The molecule has 0 atom stereocenters. The number of nitrogens with zero attached hydrogens (tertiary/aromatic N) is 3. The highest BCUT2D eigenvalue weighted by molar-refractivity contribution is 6.01. The zero-order chi connectivity index (χ0) is 23.7. The van der Waals surface area contributed by atoms with E-state index in [1.165, 1.54) is 0 Å². The molecule has 0 radical (unpaired) electrons. The van der Waals surface area contributed by atoms with Crippen LogP contribution in [0.5, 0.6) is 11.5 Å². The molecule has 0 amide bonds. The standard InChI is InChI=1S/C26H26N4O4/c27-21-15-28-16-22-24(21)25(17-6-8-20(9-7-17)34-19-4-2-1-3-5-19)29-30(22)18-10-12-26(33,13-11-18)14-23(31)32/h1-9,15-16,18,33H,10-14,27H2,(H,31,32). The van der Waals surface area contributed by atoms with Gasteiger partial charge in [-0.1, -0.05) is 18.2 Å². The van der Waals surface area contributed by atoms with E-state index in [0.29, 0.717) is 31.4 Å². The van der Waals surface area contributed by atoms with E-state index in [-0.39, 0.29) is 12.5 Å². The zero-order valence-electron chi connectivity index (χ0n) is 18.6. The fourth-order valence-corrected chi connectivity index (χ4v) is 4.74. The Kier molecular flexibility index (Phi) is 5.67. The van der Waals surface area contributed by atoms with Crippen molar-refractivity contribution in [1.29, 1.82) is 0 Å². The Morgan fingerprint density at radius 3 is 2.41 bits per heavy atom. The van der Waals surface area contributed by atoms with Crippen molar-refractivity contribution in [2.45, 2.75) is 43.7 Å². The van der Waals surface area contributed by atoms with Gasteiger partial charge in [0.2, 0.25) is 0 Å². The van der Waals surface area contributed by atoms with Gasteiger partial charge < -0.3 is 20.7 Å². The first-order valence-electron chi connectivity index (χ1n) is 11.3. The summed E-state index contributed by atoms with van der Waals surface area (Å²) in [5.41, 5.74) is 8.18. The topological polar surface area (TPSA) is 123 Å². The number of hydrogen-bond acceptors (Lipinski definition) is 6. The number of aliphatic hydroxyl groups is 1. The number of nitrogens with two attached hydrogens (primary N) is 1. The van der Waals surface area contributed by atoms with Crippen LogP contribution in [0.25, 0.3) is 22.2 Å². The second kappa shape index (κ2) is 8.79. The third kappa shape index (κ3) is 4.32. The monoisotopic (exact) mass is 458 g/mol. The van der Waals surface area contributed by atoms with Crippen molar-refractivity contribution < 1.29 is 19.7 Å². The van der Waals surface area contributed by atoms with E-state index in [2.05, 4.69) is 4.98 Å². The van der Waals surface area contributed by atoms with Crippen molar-refractivity contribution in [2.75, 3.05) is 5.73 Å². The van der Waals surface area contributed by atoms with Crippen molar-refractivity contribution in [3.8, 4) is 22.8 Å². The predicted molar refractivity (Wildman–Crippen MR) is 129 cm³/mol. The Morgan fingerprint density at radius 1 is 1.06 bits per heavy atom. The van der Waals surface area contributed by atoms with E-state index < -0.39 is 11.6 Å². The molecule has 2 aromatic carbocycles. The summed E-state index contributed by atoms with van der Waals surface area (Å²) in [6.45, 7) is 0. The molecule has 4 aromatic rings. The summed E-state index contributed by atoms with van der Waals surface area (Å²) in [5, 5.41) is 25.5. The third-order valence-corrected chi connectivity index (χ3v) is 6.47. The Morgan fingerprint density at radius 2 is 1.74 bits per heavy atom. The average molecular weight is 459 g/mol. The highest BCUT2D eigenvalue weighted by Crippen LogP contribution is 2.40. The maximum Gasteiger partial charge on any atom is 0.306 e. The van der Waals surface area contributed by atoms with Gasteiger partial charge in [-0.05, 0) is 62.1 Å². The van der Waals surface area contributed by atoms with Gasteiger partial charge in [0.1, 0.15) is 17.2 Å². The van der Waals surface area contributed by atoms with Crippen LogP contribution in [-0.2, 0) is 4.79 Å². The summed E-state index contributed by atoms with van der Waals surface area (Å²) < 4.78 is 7.84. The highest BCUT2D eigenvalue weighted by atomic mass is 16.5. The molecular formula is C26H26N4O4. The maximum absolute atomic E-state index is 11.1. The van der Waals surface area contributed by atoms with Crippen molar-refractivity contribution in [2.24, 2.45) is 0 Å². The minimum atomic E-state index is -1.17. The number of rotatable bonds is 6. The summed E-state index contributed by atoms with van der Waals surface area (Å²) in [6.07, 6.45) is 5.20. The molecule has 4 N–H and O–H groups in total. The molecule has 5 rings (SSSR count). The number of aromatic nitrogens is 3. The molecule has 0 unspecified atom stereocenters. The molecule has 1 aliphatic rings. The number of hydrogen-bond donors (Lipinski definition) is 3. The van der Waals surface area contributed by atoms with E-state index in [0.717, 1.165) is 33.7 Å². The number of nitrogen functional groups attached to an aromatic ring is 1. The van der Waals surface area contributed by atoms with Gasteiger partial charge in [0.25, 0.3) is 0 Å². The van der Waals surface area contributed by atoms with Crippen LogP contribution in [0.1, 0.15) is 38.1 Å². The molecule has 8 nitrogen and oxygen atoms in total. The van der Waals surface area contributed by atoms with Crippen LogP contribution in [-0.4, -0.2) is 36.5 Å². The van der Waals surface area contributed by atoms with Crippen molar-refractivity contribution in [1.82, 2.24) is 14.8 Å². The molecule has 0 aliphatic heterocycles. The lowest BCUT2D eigenvalue weighted by atomic mass is 9.80. The van der Waals surface area contributed by atoms with Crippen molar-refractivity contribution in [3.05, 3.63) is 67.0 Å². The number of ether oxygens (including phenoxy) is 1. The van der Waals surface area contributed by atoms with Gasteiger partial charge in [-0.15, -0.1) is 0 Å². The molecule has 2 heterocycles. The molecule has 1 aliphatic carbocycles. The molecule has 174 valence electrons. The summed E-state index contributed by atoms with van der Waals surface area (Å²) >= 11 is 0. The third-order valence-electron chi connectivity index (χ3n) is 6.47. The van der Waals surface area contributed by atoms with E-state index in [1.54, 1.807) is 12.4 Å². The summed E-state index contributed by atoms with van der Waals surface area (Å²) in [5.74, 6) is 0.503. The fraction of sp³-hybridized carbons (Fsp3) is 0.269. The SMILES string of the molecule is Nc1cncc2c1c(-c1ccc(Oc3ccccc3)cc1)nn2C1CCC(O)(CC(=O)O)CC1. The van der Waals surface area contributed by atoms with E-state index in [4.69, 9.17) is 20.7 Å². The van der Waals surface area contributed by atoms with Crippen molar-refractivity contribution in [3.63, 3.8) is 0 Å². The maximum atomic E-state index is 11.1. The number of anilines is 1. The van der Waals surface area contributed by atoms with E-state index in [1.807, 2.05) is 59.3 Å². The number of aliphatic carboxylic acids is 1. The number of carbonyl (C=O) groups is 1. The first-order chi connectivity index (χ1) is 16.4. The summed E-state index contributed by atoms with van der Waals surface area (Å²) in [7, 11) is 0. The van der Waals surface area contributed by atoms with Gasteiger partial charge >= 0.3 is 5.97 Å². The molecule has 0 saturated heterocycles. The Balaban J connectivity index is 1.45.